The monoisotopic (exact) mass is 357 g/mol. The van der Waals surface area contributed by atoms with E-state index in [0.717, 1.165) is 43.0 Å². The molecule has 140 valence electrons. The number of carbonyl (C=O) groups is 2. The summed E-state index contributed by atoms with van der Waals surface area (Å²) in [5, 5.41) is 0. The van der Waals surface area contributed by atoms with Crippen LogP contribution in [0.3, 0.4) is 0 Å². The van der Waals surface area contributed by atoms with Gasteiger partial charge in [-0.05, 0) is 50.5 Å². The van der Waals surface area contributed by atoms with Crippen molar-refractivity contribution in [2.45, 2.75) is 45.7 Å². The summed E-state index contributed by atoms with van der Waals surface area (Å²) in [4.78, 5) is 28.4. The average Bonchev–Trinajstić information content (AvgIpc) is 3.19. The van der Waals surface area contributed by atoms with Crippen LogP contribution in [-0.2, 0) is 18.4 Å². The van der Waals surface area contributed by atoms with E-state index in [1.165, 1.54) is 0 Å². The molecule has 6 heteroatoms. The molecule has 2 aromatic heterocycles. The highest BCUT2D eigenvalue weighted by Crippen LogP contribution is 2.32. The lowest BCUT2D eigenvalue weighted by molar-refractivity contribution is -0.132. The Hall–Kier alpha value is -2.50. The van der Waals surface area contributed by atoms with Gasteiger partial charge in [-0.3, -0.25) is 9.59 Å². The van der Waals surface area contributed by atoms with Crippen LogP contribution in [0.15, 0.2) is 28.7 Å². The zero-order valence-electron chi connectivity index (χ0n) is 16.0. The zero-order chi connectivity index (χ0) is 18.8. The van der Waals surface area contributed by atoms with Crippen molar-refractivity contribution in [2.24, 2.45) is 7.05 Å². The molecule has 1 aliphatic rings. The number of aromatic nitrogens is 1. The Balaban J connectivity index is 1.79. The third kappa shape index (κ3) is 3.54. The van der Waals surface area contributed by atoms with Crippen molar-refractivity contribution in [3.63, 3.8) is 0 Å². The SMILES string of the molecule is CC(=O)N1CCCC[C@H]1c1ccc(C(=O)N(C)Cc2ccc(C)o2)n1C. The number of carbonyl (C=O) groups excluding carboxylic acids is 2. The third-order valence-corrected chi connectivity index (χ3v) is 5.16. The van der Waals surface area contributed by atoms with E-state index in [4.69, 9.17) is 4.42 Å². The summed E-state index contributed by atoms with van der Waals surface area (Å²) in [6.07, 6.45) is 3.07. The van der Waals surface area contributed by atoms with Crippen LogP contribution >= 0.6 is 0 Å². The molecule has 2 aromatic rings. The summed E-state index contributed by atoms with van der Waals surface area (Å²) in [7, 11) is 3.68. The van der Waals surface area contributed by atoms with E-state index in [0.29, 0.717) is 12.2 Å². The molecule has 1 atom stereocenters. The Morgan fingerprint density at radius 2 is 2.00 bits per heavy atom. The number of nitrogens with zero attached hydrogens (tertiary/aromatic N) is 3. The Morgan fingerprint density at radius 3 is 2.65 bits per heavy atom. The van der Waals surface area contributed by atoms with Gasteiger partial charge in [0.2, 0.25) is 5.91 Å². The van der Waals surface area contributed by atoms with Crippen LogP contribution in [0.2, 0.25) is 0 Å². The number of aryl methyl sites for hydroxylation is 1. The van der Waals surface area contributed by atoms with Crippen molar-refractivity contribution in [1.82, 2.24) is 14.4 Å². The fraction of sp³-hybridized carbons (Fsp3) is 0.500. The smallest absolute Gasteiger partial charge is 0.270 e. The first-order valence-electron chi connectivity index (χ1n) is 9.12. The topological polar surface area (TPSA) is 58.7 Å². The van der Waals surface area contributed by atoms with Gasteiger partial charge >= 0.3 is 0 Å². The second kappa shape index (κ2) is 7.40. The van der Waals surface area contributed by atoms with Gasteiger partial charge < -0.3 is 18.8 Å². The number of rotatable bonds is 4. The van der Waals surface area contributed by atoms with E-state index in [1.807, 2.05) is 47.7 Å². The van der Waals surface area contributed by atoms with E-state index >= 15 is 0 Å². The molecule has 0 aromatic carbocycles. The molecule has 0 bridgehead atoms. The molecule has 1 saturated heterocycles. The second-order valence-corrected chi connectivity index (χ2v) is 7.10. The highest BCUT2D eigenvalue weighted by atomic mass is 16.3. The minimum Gasteiger partial charge on any atom is -0.464 e. The van der Waals surface area contributed by atoms with Gasteiger partial charge in [0.15, 0.2) is 0 Å². The molecule has 0 N–H and O–H groups in total. The van der Waals surface area contributed by atoms with Crippen molar-refractivity contribution in [3.8, 4) is 0 Å². The molecule has 2 amide bonds. The second-order valence-electron chi connectivity index (χ2n) is 7.10. The Kier molecular flexibility index (Phi) is 5.20. The molecule has 1 fully saturated rings. The quantitative estimate of drug-likeness (QED) is 0.844. The van der Waals surface area contributed by atoms with Gasteiger partial charge in [0.25, 0.3) is 5.91 Å². The molecule has 3 rings (SSSR count). The van der Waals surface area contributed by atoms with Crippen molar-refractivity contribution in [2.75, 3.05) is 13.6 Å². The fourth-order valence-electron chi connectivity index (χ4n) is 3.76. The summed E-state index contributed by atoms with van der Waals surface area (Å²) >= 11 is 0. The van der Waals surface area contributed by atoms with Gasteiger partial charge in [-0.1, -0.05) is 0 Å². The Labute approximate surface area is 154 Å². The maximum atomic E-state index is 12.9. The molecule has 1 aliphatic heterocycles. The summed E-state index contributed by atoms with van der Waals surface area (Å²) in [6.45, 7) is 4.72. The van der Waals surface area contributed by atoms with Crippen LogP contribution in [0.4, 0.5) is 0 Å². The standard InChI is InChI=1S/C20H27N3O3/c1-14-8-9-16(26-14)13-21(3)20(25)19-11-10-17(22(19)4)18-7-5-6-12-23(18)15(2)24/h8-11,18H,5-7,12-13H2,1-4H3/t18-/m0/s1. The number of piperidine rings is 1. The molecule has 0 spiro atoms. The van der Waals surface area contributed by atoms with Gasteiger partial charge in [0.1, 0.15) is 17.2 Å². The van der Waals surface area contributed by atoms with Crippen molar-refractivity contribution >= 4 is 11.8 Å². The first-order chi connectivity index (χ1) is 12.4. The lowest BCUT2D eigenvalue weighted by Crippen LogP contribution is -2.38. The van der Waals surface area contributed by atoms with Gasteiger partial charge in [0, 0.05) is 33.3 Å². The predicted octanol–water partition coefficient (Wildman–Crippen LogP) is 3.27. The first kappa shape index (κ1) is 18.3. The summed E-state index contributed by atoms with van der Waals surface area (Å²) in [5.74, 6) is 1.64. The molecule has 26 heavy (non-hydrogen) atoms. The molecule has 0 unspecified atom stereocenters. The number of amides is 2. The van der Waals surface area contributed by atoms with E-state index < -0.39 is 0 Å². The van der Waals surface area contributed by atoms with Gasteiger partial charge in [-0.15, -0.1) is 0 Å². The summed E-state index contributed by atoms with van der Waals surface area (Å²) in [6, 6.07) is 7.67. The lowest BCUT2D eigenvalue weighted by Gasteiger charge is -2.35. The Morgan fingerprint density at radius 1 is 1.23 bits per heavy atom. The maximum Gasteiger partial charge on any atom is 0.270 e. The van der Waals surface area contributed by atoms with E-state index in [-0.39, 0.29) is 17.9 Å². The summed E-state index contributed by atoms with van der Waals surface area (Å²) in [5.41, 5.74) is 1.64. The minimum atomic E-state index is -0.0574. The van der Waals surface area contributed by atoms with Crippen molar-refractivity contribution < 1.29 is 14.0 Å². The largest absolute Gasteiger partial charge is 0.464 e. The highest BCUT2D eigenvalue weighted by molar-refractivity contribution is 5.92. The van der Waals surface area contributed by atoms with Crippen LogP contribution in [0.1, 0.15) is 59.9 Å². The van der Waals surface area contributed by atoms with Crippen LogP contribution < -0.4 is 0 Å². The molecule has 3 heterocycles. The van der Waals surface area contributed by atoms with Gasteiger partial charge in [-0.25, -0.2) is 0 Å². The highest BCUT2D eigenvalue weighted by Gasteiger charge is 2.29. The van der Waals surface area contributed by atoms with E-state index in [1.54, 1.807) is 18.9 Å². The molecule has 0 saturated carbocycles. The summed E-state index contributed by atoms with van der Waals surface area (Å²) < 4.78 is 7.50. The number of furan rings is 1. The number of likely N-dealkylation sites (tertiary alicyclic amines) is 1. The molecule has 6 nitrogen and oxygen atoms in total. The lowest BCUT2D eigenvalue weighted by atomic mass is 9.99. The van der Waals surface area contributed by atoms with Crippen LogP contribution in [0, 0.1) is 6.92 Å². The zero-order valence-corrected chi connectivity index (χ0v) is 16.0. The number of hydrogen-bond acceptors (Lipinski definition) is 3. The first-order valence-corrected chi connectivity index (χ1v) is 9.12. The van der Waals surface area contributed by atoms with E-state index in [9.17, 15) is 9.59 Å². The normalized spacial score (nSPS) is 17.4. The average molecular weight is 357 g/mol. The minimum absolute atomic E-state index is 0.0471. The van der Waals surface area contributed by atoms with Crippen LogP contribution in [-0.4, -0.2) is 39.8 Å². The van der Waals surface area contributed by atoms with Crippen LogP contribution in [0.5, 0.6) is 0 Å². The van der Waals surface area contributed by atoms with Crippen molar-refractivity contribution in [3.05, 3.63) is 47.2 Å². The molecular weight excluding hydrogens is 330 g/mol. The molecule has 0 radical (unpaired) electrons. The number of hydrogen-bond donors (Lipinski definition) is 0. The molecule has 0 aliphatic carbocycles. The molecular formula is C20H27N3O3. The van der Waals surface area contributed by atoms with Gasteiger partial charge in [0.05, 0.1) is 12.6 Å². The fourth-order valence-corrected chi connectivity index (χ4v) is 3.76. The Bertz CT molecular complexity index is 805. The van der Waals surface area contributed by atoms with E-state index in [2.05, 4.69) is 0 Å². The third-order valence-electron chi connectivity index (χ3n) is 5.16. The predicted molar refractivity (Wildman–Crippen MR) is 98.6 cm³/mol. The van der Waals surface area contributed by atoms with Crippen LogP contribution in [0.25, 0.3) is 0 Å². The maximum absolute atomic E-state index is 12.9. The van der Waals surface area contributed by atoms with Gasteiger partial charge in [-0.2, -0.15) is 0 Å². The van der Waals surface area contributed by atoms with Crippen molar-refractivity contribution in [1.29, 1.82) is 0 Å².